The highest BCUT2D eigenvalue weighted by molar-refractivity contribution is 5.95. The molecule has 3 heteroatoms. The Hall–Kier alpha value is -2.29. The third kappa shape index (κ3) is 2.51. The van der Waals surface area contributed by atoms with Crippen LogP contribution in [0.25, 0.3) is 11.1 Å². The summed E-state index contributed by atoms with van der Waals surface area (Å²) in [7, 11) is 1.60. The van der Waals surface area contributed by atoms with Gasteiger partial charge in [0.25, 0.3) is 5.91 Å². The quantitative estimate of drug-likeness (QED) is 0.849. The fraction of sp³-hybridized carbons (Fsp3) is 0.133. The SMILES string of the molecule is CNC(=O)c1cccc(-c2cc(C)cc(O)c2)c1. The number of amides is 1. The molecule has 1 amide bonds. The number of phenolic OH excluding ortho intramolecular Hbond substituents is 1. The van der Waals surface area contributed by atoms with E-state index in [4.69, 9.17) is 0 Å². The first-order valence-electron chi connectivity index (χ1n) is 5.73. The van der Waals surface area contributed by atoms with Gasteiger partial charge in [-0.05, 0) is 47.9 Å². The number of benzene rings is 2. The van der Waals surface area contributed by atoms with Crippen molar-refractivity contribution < 1.29 is 9.90 Å². The molecule has 18 heavy (non-hydrogen) atoms. The minimum Gasteiger partial charge on any atom is -0.508 e. The lowest BCUT2D eigenvalue weighted by molar-refractivity contribution is 0.0963. The minimum absolute atomic E-state index is 0.117. The van der Waals surface area contributed by atoms with Crippen LogP contribution in [0.2, 0.25) is 0 Å². The molecule has 0 radical (unpaired) electrons. The number of carbonyl (C=O) groups excluding carboxylic acids is 1. The number of aromatic hydroxyl groups is 1. The molecule has 92 valence electrons. The summed E-state index contributed by atoms with van der Waals surface area (Å²) in [6, 6.07) is 12.7. The molecule has 0 spiro atoms. The highest BCUT2D eigenvalue weighted by Crippen LogP contribution is 2.25. The summed E-state index contributed by atoms with van der Waals surface area (Å²) in [6.07, 6.45) is 0. The van der Waals surface area contributed by atoms with Gasteiger partial charge in [0.2, 0.25) is 0 Å². The predicted molar refractivity (Wildman–Crippen MR) is 71.7 cm³/mol. The molecular weight excluding hydrogens is 226 g/mol. The number of phenols is 1. The third-order valence-electron chi connectivity index (χ3n) is 2.75. The van der Waals surface area contributed by atoms with E-state index in [9.17, 15) is 9.90 Å². The lowest BCUT2D eigenvalue weighted by Crippen LogP contribution is -2.17. The van der Waals surface area contributed by atoms with Crippen molar-refractivity contribution in [3.8, 4) is 16.9 Å². The molecule has 2 rings (SSSR count). The van der Waals surface area contributed by atoms with E-state index in [0.29, 0.717) is 5.56 Å². The van der Waals surface area contributed by atoms with Gasteiger partial charge in [0.05, 0.1) is 0 Å². The lowest BCUT2D eigenvalue weighted by Gasteiger charge is -2.06. The molecule has 0 fully saturated rings. The van der Waals surface area contributed by atoms with Crippen LogP contribution in [0.5, 0.6) is 5.75 Å². The standard InChI is InChI=1S/C15H15NO2/c1-10-6-13(9-14(17)7-10)11-4-3-5-12(8-11)15(18)16-2/h3-9,17H,1-2H3,(H,16,18). The van der Waals surface area contributed by atoms with Crippen LogP contribution in [0, 0.1) is 6.92 Å². The first-order chi connectivity index (χ1) is 8.60. The van der Waals surface area contributed by atoms with Crippen LogP contribution in [0.1, 0.15) is 15.9 Å². The maximum atomic E-state index is 11.6. The summed E-state index contributed by atoms with van der Waals surface area (Å²) in [6.45, 7) is 1.92. The maximum Gasteiger partial charge on any atom is 0.251 e. The summed E-state index contributed by atoms with van der Waals surface area (Å²) in [5.74, 6) is 0.115. The van der Waals surface area contributed by atoms with Gasteiger partial charge in [-0.3, -0.25) is 4.79 Å². The maximum absolute atomic E-state index is 11.6. The van der Waals surface area contributed by atoms with Crippen LogP contribution in [0.4, 0.5) is 0 Å². The number of aryl methyl sites for hydroxylation is 1. The Kier molecular flexibility index (Phi) is 3.33. The summed E-state index contributed by atoms with van der Waals surface area (Å²) in [5.41, 5.74) is 3.40. The molecule has 0 saturated carbocycles. The van der Waals surface area contributed by atoms with Crippen LogP contribution in [0.15, 0.2) is 42.5 Å². The minimum atomic E-state index is -0.117. The van der Waals surface area contributed by atoms with E-state index in [1.807, 2.05) is 31.2 Å². The summed E-state index contributed by atoms with van der Waals surface area (Å²) >= 11 is 0. The molecule has 0 saturated heterocycles. The van der Waals surface area contributed by atoms with Crippen LogP contribution in [0.3, 0.4) is 0 Å². The van der Waals surface area contributed by atoms with Crippen LogP contribution in [-0.4, -0.2) is 18.1 Å². The van der Waals surface area contributed by atoms with E-state index in [1.165, 1.54) is 0 Å². The Morgan fingerprint density at radius 1 is 1.11 bits per heavy atom. The molecular formula is C15H15NO2. The topological polar surface area (TPSA) is 49.3 Å². The van der Waals surface area contributed by atoms with Gasteiger partial charge in [-0.1, -0.05) is 18.2 Å². The van der Waals surface area contributed by atoms with Gasteiger partial charge in [-0.2, -0.15) is 0 Å². The van der Waals surface area contributed by atoms with Gasteiger partial charge < -0.3 is 10.4 Å². The number of hydrogen-bond donors (Lipinski definition) is 2. The van der Waals surface area contributed by atoms with E-state index in [2.05, 4.69) is 5.32 Å². The van der Waals surface area contributed by atoms with Gasteiger partial charge in [-0.25, -0.2) is 0 Å². The van der Waals surface area contributed by atoms with Crippen LogP contribution >= 0.6 is 0 Å². The first kappa shape index (κ1) is 12.2. The fourth-order valence-corrected chi connectivity index (χ4v) is 1.91. The lowest BCUT2D eigenvalue weighted by atomic mass is 10.0. The van der Waals surface area contributed by atoms with Gasteiger partial charge >= 0.3 is 0 Å². The monoisotopic (exact) mass is 241 g/mol. The van der Waals surface area contributed by atoms with Crippen LogP contribution < -0.4 is 5.32 Å². The molecule has 2 aromatic rings. The van der Waals surface area contributed by atoms with E-state index in [1.54, 1.807) is 25.2 Å². The van der Waals surface area contributed by atoms with E-state index >= 15 is 0 Å². The largest absolute Gasteiger partial charge is 0.508 e. The molecule has 0 atom stereocenters. The van der Waals surface area contributed by atoms with Gasteiger partial charge in [-0.15, -0.1) is 0 Å². The molecule has 0 aliphatic heterocycles. The van der Waals surface area contributed by atoms with Gasteiger partial charge in [0.15, 0.2) is 0 Å². The molecule has 0 bridgehead atoms. The zero-order valence-electron chi connectivity index (χ0n) is 10.4. The predicted octanol–water partition coefficient (Wildman–Crippen LogP) is 2.73. The van der Waals surface area contributed by atoms with E-state index < -0.39 is 0 Å². The Balaban J connectivity index is 2.47. The smallest absolute Gasteiger partial charge is 0.251 e. The number of hydrogen-bond acceptors (Lipinski definition) is 2. The highest BCUT2D eigenvalue weighted by atomic mass is 16.3. The van der Waals surface area contributed by atoms with Crippen molar-refractivity contribution in [2.45, 2.75) is 6.92 Å². The number of rotatable bonds is 2. The summed E-state index contributed by atoms with van der Waals surface area (Å²) < 4.78 is 0. The molecule has 0 aliphatic rings. The molecule has 2 N–H and O–H groups in total. The Bertz CT molecular complexity index is 571. The van der Waals surface area contributed by atoms with Crippen molar-refractivity contribution >= 4 is 5.91 Å². The molecule has 0 aromatic heterocycles. The molecule has 3 nitrogen and oxygen atoms in total. The van der Waals surface area contributed by atoms with E-state index in [-0.39, 0.29) is 11.7 Å². The Labute approximate surface area is 106 Å². The Morgan fingerprint density at radius 3 is 2.56 bits per heavy atom. The van der Waals surface area contributed by atoms with Crippen LogP contribution in [-0.2, 0) is 0 Å². The van der Waals surface area contributed by atoms with Crippen molar-refractivity contribution in [3.05, 3.63) is 53.6 Å². The van der Waals surface area contributed by atoms with Crippen molar-refractivity contribution in [2.75, 3.05) is 7.05 Å². The van der Waals surface area contributed by atoms with Crippen molar-refractivity contribution in [1.82, 2.24) is 5.32 Å². The second kappa shape index (κ2) is 4.92. The Morgan fingerprint density at radius 2 is 1.89 bits per heavy atom. The highest BCUT2D eigenvalue weighted by Gasteiger charge is 2.06. The van der Waals surface area contributed by atoms with Gasteiger partial charge in [0, 0.05) is 12.6 Å². The third-order valence-corrected chi connectivity index (χ3v) is 2.75. The summed E-state index contributed by atoms with van der Waals surface area (Å²) in [4.78, 5) is 11.6. The zero-order chi connectivity index (χ0) is 13.1. The molecule has 2 aromatic carbocycles. The molecule has 0 aliphatic carbocycles. The van der Waals surface area contributed by atoms with Crippen molar-refractivity contribution in [2.24, 2.45) is 0 Å². The molecule has 0 heterocycles. The zero-order valence-corrected chi connectivity index (χ0v) is 10.4. The fourth-order valence-electron chi connectivity index (χ4n) is 1.91. The summed E-state index contributed by atoms with van der Waals surface area (Å²) in [5, 5.41) is 12.2. The average molecular weight is 241 g/mol. The normalized spacial score (nSPS) is 10.1. The second-order valence-corrected chi connectivity index (χ2v) is 4.22. The van der Waals surface area contributed by atoms with Gasteiger partial charge in [0.1, 0.15) is 5.75 Å². The molecule has 0 unspecified atom stereocenters. The van der Waals surface area contributed by atoms with Crippen molar-refractivity contribution in [3.63, 3.8) is 0 Å². The average Bonchev–Trinajstić information content (AvgIpc) is 2.37. The number of carbonyl (C=O) groups is 1. The first-order valence-corrected chi connectivity index (χ1v) is 5.73. The number of nitrogens with one attached hydrogen (secondary N) is 1. The second-order valence-electron chi connectivity index (χ2n) is 4.22. The van der Waals surface area contributed by atoms with E-state index in [0.717, 1.165) is 16.7 Å². The van der Waals surface area contributed by atoms with Crippen molar-refractivity contribution in [1.29, 1.82) is 0 Å².